The van der Waals surface area contributed by atoms with Crippen molar-refractivity contribution < 1.29 is 8.42 Å². The van der Waals surface area contributed by atoms with E-state index in [1.165, 1.54) is 6.26 Å². The molecule has 8 nitrogen and oxygen atoms in total. The average Bonchev–Trinajstić information content (AvgIpc) is 3.11. The van der Waals surface area contributed by atoms with Crippen LogP contribution in [0.2, 0.25) is 0 Å². The maximum absolute atomic E-state index is 11.2. The van der Waals surface area contributed by atoms with Gasteiger partial charge in [-0.25, -0.2) is 18.1 Å². The molecule has 0 aromatic carbocycles. The van der Waals surface area contributed by atoms with Crippen LogP contribution in [-0.2, 0) is 16.4 Å². The van der Waals surface area contributed by atoms with Crippen LogP contribution in [0.4, 0.5) is 0 Å². The van der Waals surface area contributed by atoms with E-state index in [1.807, 2.05) is 31.3 Å². The molecule has 0 fully saturated rings. The number of guanidine groups is 1. The molecule has 136 valence electrons. The molecule has 0 amide bonds. The molecule has 0 spiro atoms. The van der Waals surface area contributed by atoms with E-state index in [-0.39, 0.29) is 11.8 Å². The lowest BCUT2D eigenvalue weighted by Crippen LogP contribution is -2.42. The Kier molecular flexibility index (Phi) is 6.51. The van der Waals surface area contributed by atoms with Crippen LogP contribution in [0, 0.1) is 0 Å². The summed E-state index contributed by atoms with van der Waals surface area (Å²) in [5.41, 5.74) is 1.03. The second-order valence-corrected chi connectivity index (χ2v) is 8.12. The second kappa shape index (κ2) is 8.61. The third-order valence-corrected chi connectivity index (χ3v) is 4.51. The molecule has 0 radical (unpaired) electrons. The summed E-state index contributed by atoms with van der Waals surface area (Å²) in [5, 5.41) is 10.6. The summed E-state index contributed by atoms with van der Waals surface area (Å²) in [6.07, 6.45) is 7.05. The smallest absolute Gasteiger partial charge is 0.191 e. The number of pyridine rings is 1. The van der Waals surface area contributed by atoms with Crippen molar-refractivity contribution in [3.8, 4) is 5.82 Å². The van der Waals surface area contributed by atoms with Gasteiger partial charge in [-0.15, -0.1) is 0 Å². The standard InChI is InChI=1S/C16H24N6O2S/c1-13(6-10-25(3,23)24)21-16(17-2)19-12-14-5-8-18-15(11-14)22-9-4-7-20-22/h4-5,7-9,11,13H,6,10,12H2,1-3H3,(H2,17,19,21). The minimum atomic E-state index is -2.96. The molecule has 2 N–H and O–H groups in total. The van der Waals surface area contributed by atoms with E-state index in [9.17, 15) is 8.42 Å². The minimum Gasteiger partial charge on any atom is -0.354 e. The van der Waals surface area contributed by atoms with Crippen LogP contribution in [0.25, 0.3) is 5.82 Å². The molecule has 2 aromatic heterocycles. The Balaban J connectivity index is 1.89. The van der Waals surface area contributed by atoms with Gasteiger partial charge in [0.15, 0.2) is 11.8 Å². The van der Waals surface area contributed by atoms with E-state index in [0.717, 1.165) is 11.4 Å². The lowest BCUT2D eigenvalue weighted by Gasteiger charge is -2.17. The second-order valence-electron chi connectivity index (χ2n) is 5.86. The first-order valence-corrected chi connectivity index (χ1v) is 10.0. The van der Waals surface area contributed by atoms with Crippen LogP contribution in [-0.4, -0.2) is 54.2 Å². The normalized spacial score (nSPS) is 13.5. The van der Waals surface area contributed by atoms with Crippen LogP contribution >= 0.6 is 0 Å². The Hall–Kier alpha value is -2.42. The van der Waals surface area contributed by atoms with Gasteiger partial charge in [-0.2, -0.15) is 5.10 Å². The molecule has 2 heterocycles. The fourth-order valence-electron chi connectivity index (χ4n) is 2.18. The van der Waals surface area contributed by atoms with Crippen molar-refractivity contribution >= 4 is 15.8 Å². The summed E-state index contributed by atoms with van der Waals surface area (Å²) in [5.74, 6) is 1.52. The number of aliphatic imine (C=N–C) groups is 1. The molecule has 0 aliphatic carbocycles. The third-order valence-electron chi connectivity index (χ3n) is 3.54. The highest BCUT2D eigenvalue weighted by Gasteiger charge is 2.09. The molecule has 9 heteroatoms. The van der Waals surface area contributed by atoms with Crippen molar-refractivity contribution in [2.45, 2.75) is 25.9 Å². The van der Waals surface area contributed by atoms with Crippen molar-refractivity contribution in [3.05, 3.63) is 42.4 Å². The Morgan fingerprint density at radius 1 is 1.40 bits per heavy atom. The lowest BCUT2D eigenvalue weighted by molar-refractivity contribution is 0.581. The first kappa shape index (κ1) is 18.9. The van der Waals surface area contributed by atoms with Gasteiger partial charge in [-0.1, -0.05) is 0 Å². The van der Waals surface area contributed by atoms with Crippen LogP contribution in [0.15, 0.2) is 41.8 Å². The summed E-state index contributed by atoms with van der Waals surface area (Å²) in [4.78, 5) is 8.47. The van der Waals surface area contributed by atoms with Gasteiger partial charge in [-0.3, -0.25) is 4.99 Å². The highest BCUT2D eigenvalue weighted by atomic mass is 32.2. The monoisotopic (exact) mass is 364 g/mol. The van der Waals surface area contributed by atoms with Crippen LogP contribution in [0.5, 0.6) is 0 Å². The Morgan fingerprint density at radius 2 is 2.20 bits per heavy atom. The van der Waals surface area contributed by atoms with Gasteiger partial charge in [0.05, 0.1) is 5.75 Å². The molecule has 25 heavy (non-hydrogen) atoms. The molecular formula is C16H24N6O2S. The van der Waals surface area contributed by atoms with Gasteiger partial charge in [0.2, 0.25) is 0 Å². The van der Waals surface area contributed by atoms with E-state index < -0.39 is 9.84 Å². The minimum absolute atomic E-state index is 0.00185. The average molecular weight is 364 g/mol. The zero-order chi connectivity index (χ0) is 18.3. The van der Waals surface area contributed by atoms with Gasteiger partial charge in [0.25, 0.3) is 0 Å². The molecule has 2 rings (SSSR count). The predicted octanol–water partition coefficient (Wildman–Crippen LogP) is 0.756. The number of rotatable bonds is 7. The summed E-state index contributed by atoms with van der Waals surface area (Å²) in [6.45, 7) is 2.50. The Bertz CT molecular complexity index is 802. The molecule has 0 saturated heterocycles. The number of nitrogens with zero attached hydrogens (tertiary/aromatic N) is 4. The van der Waals surface area contributed by atoms with E-state index in [2.05, 4.69) is 25.7 Å². The molecule has 1 atom stereocenters. The first-order valence-electron chi connectivity index (χ1n) is 7.97. The van der Waals surface area contributed by atoms with Crippen LogP contribution in [0.1, 0.15) is 18.9 Å². The fourth-order valence-corrected chi connectivity index (χ4v) is 2.96. The molecule has 0 bridgehead atoms. The van der Waals surface area contributed by atoms with Crippen molar-refractivity contribution in [2.24, 2.45) is 4.99 Å². The van der Waals surface area contributed by atoms with E-state index in [0.29, 0.717) is 18.9 Å². The number of aromatic nitrogens is 3. The first-order chi connectivity index (χ1) is 11.9. The summed E-state index contributed by atoms with van der Waals surface area (Å²) < 4.78 is 24.2. The van der Waals surface area contributed by atoms with Gasteiger partial charge in [-0.05, 0) is 37.1 Å². The van der Waals surface area contributed by atoms with E-state index in [4.69, 9.17) is 0 Å². The number of sulfone groups is 1. The van der Waals surface area contributed by atoms with E-state index >= 15 is 0 Å². The molecule has 2 aromatic rings. The van der Waals surface area contributed by atoms with Crippen LogP contribution < -0.4 is 10.6 Å². The maximum Gasteiger partial charge on any atom is 0.191 e. The summed E-state index contributed by atoms with van der Waals surface area (Å²) in [7, 11) is -1.28. The quantitative estimate of drug-likeness (QED) is 0.555. The molecule has 0 aliphatic heterocycles. The van der Waals surface area contributed by atoms with Crippen molar-refractivity contribution in [1.29, 1.82) is 0 Å². The topological polar surface area (TPSA) is 101 Å². The zero-order valence-corrected chi connectivity index (χ0v) is 15.5. The predicted molar refractivity (Wildman–Crippen MR) is 98.5 cm³/mol. The summed E-state index contributed by atoms with van der Waals surface area (Å²) >= 11 is 0. The Labute approximate surface area is 148 Å². The number of hydrogen-bond acceptors (Lipinski definition) is 5. The molecular weight excluding hydrogens is 340 g/mol. The summed E-state index contributed by atoms with van der Waals surface area (Å²) in [6, 6.07) is 5.70. The highest BCUT2D eigenvalue weighted by Crippen LogP contribution is 2.06. The fraction of sp³-hybridized carbons (Fsp3) is 0.438. The zero-order valence-electron chi connectivity index (χ0n) is 14.7. The molecule has 1 unspecified atom stereocenters. The van der Waals surface area contributed by atoms with Crippen LogP contribution in [0.3, 0.4) is 0 Å². The van der Waals surface area contributed by atoms with Gasteiger partial charge in [0, 0.05) is 44.5 Å². The maximum atomic E-state index is 11.2. The molecule has 0 aliphatic rings. The van der Waals surface area contributed by atoms with E-state index in [1.54, 1.807) is 24.1 Å². The van der Waals surface area contributed by atoms with Crippen molar-refractivity contribution in [2.75, 3.05) is 19.1 Å². The van der Waals surface area contributed by atoms with Crippen molar-refractivity contribution in [3.63, 3.8) is 0 Å². The highest BCUT2D eigenvalue weighted by molar-refractivity contribution is 7.90. The van der Waals surface area contributed by atoms with Crippen molar-refractivity contribution in [1.82, 2.24) is 25.4 Å². The van der Waals surface area contributed by atoms with Gasteiger partial charge >= 0.3 is 0 Å². The number of hydrogen-bond donors (Lipinski definition) is 2. The Morgan fingerprint density at radius 3 is 2.84 bits per heavy atom. The number of nitrogens with one attached hydrogen (secondary N) is 2. The SMILES string of the molecule is CN=C(NCc1ccnc(-n2cccn2)c1)NC(C)CCS(C)(=O)=O. The lowest BCUT2D eigenvalue weighted by atomic mass is 10.2. The van der Waals surface area contributed by atoms with Gasteiger partial charge < -0.3 is 10.6 Å². The molecule has 0 saturated carbocycles. The third kappa shape index (κ3) is 6.54. The largest absolute Gasteiger partial charge is 0.354 e. The van der Waals surface area contributed by atoms with Gasteiger partial charge in [0.1, 0.15) is 9.84 Å².